The summed E-state index contributed by atoms with van der Waals surface area (Å²) in [5.74, 6) is 0. The van der Waals surface area contributed by atoms with E-state index in [9.17, 15) is 0 Å². The van der Waals surface area contributed by atoms with Gasteiger partial charge in [0.1, 0.15) is 0 Å². The number of nitrogens with zero attached hydrogens (tertiary/aromatic N) is 2. The fourth-order valence-corrected chi connectivity index (χ4v) is 10.6. The third-order valence-corrected chi connectivity index (χ3v) is 13.8. The molecular weight excluding hydrogens is 797 g/mol. The summed E-state index contributed by atoms with van der Waals surface area (Å²) >= 11 is 0. The van der Waals surface area contributed by atoms with Gasteiger partial charge in [0.05, 0.1) is 22.7 Å². The summed E-state index contributed by atoms with van der Waals surface area (Å²) < 4.78 is 0. The highest BCUT2D eigenvalue weighted by Crippen LogP contribution is 2.49. The Morgan fingerprint density at radius 2 is 0.591 bits per heavy atom. The summed E-state index contributed by atoms with van der Waals surface area (Å²) in [7, 11) is 0. The lowest BCUT2D eigenvalue weighted by Gasteiger charge is -2.32. The molecular formula is C64H48N2. The van der Waals surface area contributed by atoms with Gasteiger partial charge < -0.3 is 9.80 Å². The lowest BCUT2D eigenvalue weighted by atomic mass is 9.91. The van der Waals surface area contributed by atoms with E-state index in [0.29, 0.717) is 0 Å². The van der Waals surface area contributed by atoms with Crippen molar-refractivity contribution < 1.29 is 0 Å². The first kappa shape index (κ1) is 39.4. The van der Waals surface area contributed by atoms with E-state index >= 15 is 0 Å². The predicted octanol–water partition coefficient (Wildman–Crippen LogP) is 18.4. The molecule has 12 aromatic rings. The zero-order chi connectivity index (χ0) is 44.5. The van der Waals surface area contributed by atoms with Gasteiger partial charge in [-0.05, 0) is 164 Å². The van der Waals surface area contributed by atoms with E-state index < -0.39 is 0 Å². The van der Waals surface area contributed by atoms with E-state index in [-0.39, 0.29) is 0 Å². The van der Waals surface area contributed by atoms with Crippen molar-refractivity contribution in [2.45, 2.75) is 27.7 Å². The minimum Gasteiger partial charge on any atom is -0.309 e. The Bertz CT molecular complexity index is 3510. The van der Waals surface area contributed by atoms with E-state index in [1.807, 2.05) is 0 Å². The predicted molar refractivity (Wildman–Crippen MR) is 284 cm³/mol. The smallest absolute Gasteiger partial charge is 0.0540 e. The maximum absolute atomic E-state index is 2.49. The van der Waals surface area contributed by atoms with Crippen LogP contribution in [-0.4, -0.2) is 0 Å². The second-order valence-corrected chi connectivity index (χ2v) is 18.0. The first-order chi connectivity index (χ1) is 32.4. The van der Waals surface area contributed by atoms with E-state index in [1.165, 1.54) is 110 Å². The molecule has 12 aromatic carbocycles. The van der Waals surface area contributed by atoms with Crippen LogP contribution in [0.4, 0.5) is 34.1 Å². The Hall–Kier alpha value is -8.20. The van der Waals surface area contributed by atoms with Gasteiger partial charge in [0, 0.05) is 22.1 Å². The molecule has 0 aliphatic rings. The van der Waals surface area contributed by atoms with Gasteiger partial charge in [-0.25, -0.2) is 0 Å². The van der Waals surface area contributed by atoms with Crippen molar-refractivity contribution in [2.24, 2.45) is 0 Å². The molecule has 12 rings (SSSR count). The molecule has 2 heteroatoms. The number of hydrogen-bond acceptors (Lipinski definition) is 2. The van der Waals surface area contributed by atoms with Crippen LogP contribution in [0.1, 0.15) is 22.3 Å². The van der Waals surface area contributed by atoms with Crippen LogP contribution in [0.3, 0.4) is 0 Å². The average molecular weight is 845 g/mol. The fraction of sp³-hybridized carbons (Fsp3) is 0.0625. The molecule has 0 atom stereocenters. The Balaban J connectivity index is 1.03. The second-order valence-electron chi connectivity index (χ2n) is 18.0. The molecule has 0 N–H and O–H groups in total. The Labute approximate surface area is 386 Å². The monoisotopic (exact) mass is 844 g/mol. The maximum Gasteiger partial charge on any atom is 0.0540 e. The molecule has 0 radical (unpaired) electrons. The van der Waals surface area contributed by atoms with Crippen LogP contribution in [0.15, 0.2) is 218 Å². The molecule has 0 amide bonds. The SMILES string of the molecule is Cc1cccc(C)c1N(c1ccc(-c2ccc3ccccc3c2)cc1)c1ccc2ccc3c(N(c4ccc(-c5ccc6ccccc6c5)cc4)c4c(C)cccc4C)ccc4ccc1c2c43. The first-order valence-electron chi connectivity index (χ1n) is 23.0. The number of rotatable bonds is 8. The van der Waals surface area contributed by atoms with Crippen molar-refractivity contribution in [3.05, 3.63) is 241 Å². The minimum absolute atomic E-state index is 1.13. The molecule has 0 saturated carbocycles. The molecule has 0 unspecified atom stereocenters. The van der Waals surface area contributed by atoms with Gasteiger partial charge in [0.15, 0.2) is 0 Å². The highest BCUT2D eigenvalue weighted by atomic mass is 15.2. The molecule has 0 saturated heterocycles. The highest BCUT2D eigenvalue weighted by Gasteiger charge is 2.24. The molecule has 0 aromatic heterocycles. The van der Waals surface area contributed by atoms with Gasteiger partial charge in [0.25, 0.3) is 0 Å². The molecule has 0 aliphatic carbocycles. The van der Waals surface area contributed by atoms with Crippen LogP contribution in [0, 0.1) is 27.7 Å². The van der Waals surface area contributed by atoms with Crippen molar-refractivity contribution in [1.29, 1.82) is 0 Å². The van der Waals surface area contributed by atoms with Crippen LogP contribution in [-0.2, 0) is 0 Å². The molecule has 0 bridgehead atoms. The summed E-state index contributed by atoms with van der Waals surface area (Å²) in [6.45, 7) is 8.93. The van der Waals surface area contributed by atoms with Crippen molar-refractivity contribution in [3.63, 3.8) is 0 Å². The van der Waals surface area contributed by atoms with Gasteiger partial charge >= 0.3 is 0 Å². The Kier molecular flexibility index (Phi) is 9.43. The molecule has 314 valence electrons. The average Bonchev–Trinajstić information content (AvgIpc) is 3.35. The standard InChI is InChI=1S/C64H48N2/c1-41-11-9-12-42(2)63(41)65(55-31-23-47(24-32-55)53-21-19-45-15-5-7-17-51(45)39-53)59-37-29-49-28-36-58-60(38-30-50-27-35-57(59)61(49)62(50)58)66(64-43(3)13-10-14-44(64)4)56-33-25-48(26-34-56)54-22-20-46-16-6-8-18-52(46)40-54/h5-40H,1-4H3. The first-order valence-corrected chi connectivity index (χ1v) is 23.0. The van der Waals surface area contributed by atoms with Crippen molar-refractivity contribution in [3.8, 4) is 22.3 Å². The lowest BCUT2D eigenvalue weighted by molar-refractivity contribution is 1.23. The Morgan fingerprint density at radius 1 is 0.258 bits per heavy atom. The molecule has 2 nitrogen and oxygen atoms in total. The number of para-hydroxylation sites is 2. The van der Waals surface area contributed by atoms with Gasteiger partial charge in [-0.15, -0.1) is 0 Å². The number of hydrogen-bond donors (Lipinski definition) is 0. The van der Waals surface area contributed by atoms with Crippen molar-refractivity contribution in [1.82, 2.24) is 0 Å². The minimum atomic E-state index is 1.13. The van der Waals surface area contributed by atoms with Crippen LogP contribution < -0.4 is 9.80 Å². The fourth-order valence-electron chi connectivity index (χ4n) is 10.6. The molecule has 66 heavy (non-hydrogen) atoms. The molecule has 0 aliphatic heterocycles. The summed E-state index contributed by atoms with van der Waals surface area (Å²) in [6.07, 6.45) is 0. The van der Waals surface area contributed by atoms with E-state index in [4.69, 9.17) is 0 Å². The normalized spacial score (nSPS) is 11.6. The van der Waals surface area contributed by atoms with Gasteiger partial charge in [-0.1, -0.05) is 170 Å². The topological polar surface area (TPSA) is 6.48 Å². The van der Waals surface area contributed by atoms with Crippen LogP contribution in [0.25, 0.3) is 76.1 Å². The van der Waals surface area contributed by atoms with Crippen LogP contribution in [0.5, 0.6) is 0 Å². The van der Waals surface area contributed by atoms with Crippen molar-refractivity contribution >= 4 is 88.0 Å². The highest BCUT2D eigenvalue weighted by molar-refractivity contribution is 6.28. The third-order valence-electron chi connectivity index (χ3n) is 13.8. The van der Waals surface area contributed by atoms with Gasteiger partial charge in [0.2, 0.25) is 0 Å². The summed E-state index contributed by atoms with van der Waals surface area (Å²) in [5.41, 5.74) is 16.8. The molecule has 0 heterocycles. The van der Waals surface area contributed by atoms with E-state index in [1.54, 1.807) is 0 Å². The van der Waals surface area contributed by atoms with Gasteiger partial charge in [-0.3, -0.25) is 0 Å². The summed E-state index contributed by atoms with van der Waals surface area (Å²) in [6, 6.07) is 80.9. The summed E-state index contributed by atoms with van der Waals surface area (Å²) in [4.78, 5) is 4.98. The maximum atomic E-state index is 2.49. The molecule has 0 spiro atoms. The second kappa shape index (κ2) is 15.8. The molecule has 0 fully saturated rings. The largest absolute Gasteiger partial charge is 0.309 e. The summed E-state index contributed by atoms with van der Waals surface area (Å²) in [5, 5.41) is 12.5. The van der Waals surface area contributed by atoms with Gasteiger partial charge in [-0.2, -0.15) is 0 Å². The number of anilines is 6. The van der Waals surface area contributed by atoms with Crippen molar-refractivity contribution in [2.75, 3.05) is 9.80 Å². The van der Waals surface area contributed by atoms with Crippen LogP contribution in [0.2, 0.25) is 0 Å². The third kappa shape index (κ3) is 6.56. The number of aryl methyl sites for hydroxylation is 4. The number of fused-ring (bicyclic) bond motifs is 2. The van der Waals surface area contributed by atoms with Crippen LogP contribution >= 0.6 is 0 Å². The lowest BCUT2D eigenvalue weighted by Crippen LogP contribution is -2.14. The van der Waals surface area contributed by atoms with E-state index in [0.717, 1.165) is 22.7 Å². The van der Waals surface area contributed by atoms with E-state index in [2.05, 4.69) is 256 Å². The zero-order valence-electron chi connectivity index (χ0n) is 37.7. The number of benzene rings is 12. The zero-order valence-corrected chi connectivity index (χ0v) is 37.7. The Morgan fingerprint density at radius 3 is 0.985 bits per heavy atom. The quantitative estimate of drug-likeness (QED) is 0.141.